The van der Waals surface area contributed by atoms with Crippen molar-refractivity contribution >= 4 is 17.4 Å². The monoisotopic (exact) mass is 308 g/mol. The van der Waals surface area contributed by atoms with Crippen LogP contribution in [0.1, 0.15) is 16.7 Å². The fourth-order valence-corrected chi connectivity index (χ4v) is 2.15. The summed E-state index contributed by atoms with van der Waals surface area (Å²) in [6.45, 7) is 2.04. The Kier molecular flexibility index (Phi) is 5.00. The molecule has 3 aromatic rings. The lowest BCUT2D eigenvalue weighted by atomic mass is 10.1. The van der Waals surface area contributed by atoms with Gasteiger partial charge in [-0.25, -0.2) is 0 Å². The molecule has 0 atom stereocenters. The van der Waals surface area contributed by atoms with Crippen LogP contribution in [-0.2, 0) is 0 Å². The normalized spacial score (nSPS) is 9.38. The number of hydrogen-bond donors (Lipinski definition) is 0. The molecule has 0 aliphatic rings. The maximum Gasteiger partial charge on any atom is 0.101 e. The minimum Gasteiger partial charge on any atom is -0.188 e. The summed E-state index contributed by atoms with van der Waals surface area (Å²) in [7, 11) is 0. The molecule has 2 heteroatoms. The topological polar surface area (TPSA) is 24.7 Å². The maximum atomic E-state index is 4.34. The van der Waals surface area contributed by atoms with Gasteiger partial charge in [0.25, 0.3) is 0 Å². The standard InChI is InChI=1S/C22H16N2/c1-18-12-15-22(24-17-23-21-10-6-3-7-11-21)20(16-18)14-13-19-8-4-2-5-9-19/h2-12,15-16H,1H3. The van der Waals surface area contributed by atoms with E-state index in [0.717, 1.165) is 28.1 Å². The second-order valence-electron chi connectivity index (χ2n) is 5.30. The van der Waals surface area contributed by atoms with Gasteiger partial charge in [-0.3, -0.25) is 0 Å². The van der Waals surface area contributed by atoms with E-state index in [1.165, 1.54) is 0 Å². The average molecular weight is 308 g/mol. The van der Waals surface area contributed by atoms with Gasteiger partial charge in [0, 0.05) is 5.56 Å². The van der Waals surface area contributed by atoms with Crippen LogP contribution in [0, 0.1) is 18.8 Å². The van der Waals surface area contributed by atoms with E-state index in [-0.39, 0.29) is 0 Å². The molecule has 0 amide bonds. The van der Waals surface area contributed by atoms with E-state index in [0.29, 0.717) is 0 Å². The highest BCUT2D eigenvalue weighted by Gasteiger charge is 1.98. The lowest BCUT2D eigenvalue weighted by molar-refractivity contribution is 1.41. The molecule has 0 saturated heterocycles. The molecule has 3 rings (SSSR count). The van der Waals surface area contributed by atoms with Crippen LogP contribution in [0.2, 0.25) is 0 Å². The van der Waals surface area contributed by atoms with Crippen LogP contribution < -0.4 is 0 Å². The zero-order valence-electron chi connectivity index (χ0n) is 13.4. The van der Waals surface area contributed by atoms with E-state index >= 15 is 0 Å². The number of aliphatic imine (C=N–C) groups is 2. The first-order valence-electron chi connectivity index (χ1n) is 7.70. The number of para-hydroxylation sites is 1. The van der Waals surface area contributed by atoms with Crippen molar-refractivity contribution in [3.8, 4) is 11.8 Å². The van der Waals surface area contributed by atoms with Crippen molar-refractivity contribution < 1.29 is 0 Å². The molecule has 0 aliphatic heterocycles. The zero-order valence-corrected chi connectivity index (χ0v) is 13.4. The fourth-order valence-electron chi connectivity index (χ4n) is 2.15. The molecule has 0 radical (unpaired) electrons. The Hall–Kier alpha value is -3.40. The highest BCUT2D eigenvalue weighted by Crippen LogP contribution is 2.19. The summed E-state index contributed by atoms with van der Waals surface area (Å²) < 4.78 is 0. The van der Waals surface area contributed by atoms with Crippen molar-refractivity contribution in [3.05, 3.63) is 95.6 Å². The van der Waals surface area contributed by atoms with Crippen LogP contribution >= 0.6 is 0 Å². The summed E-state index contributed by atoms with van der Waals surface area (Å²) in [5.74, 6) is 6.36. The number of aryl methyl sites for hydroxylation is 1. The van der Waals surface area contributed by atoms with Gasteiger partial charge in [0.15, 0.2) is 0 Å². The molecule has 2 nitrogen and oxygen atoms in total. The molecular weight excluding hydrogens is 292 g/mol. The highest BCUT2D eigenvalue weighted by molar-refractivity contribution is 5.64. The summed E-state index contributed by atoms with van der Waals surface area (Å²) in [6.07, 6.45) is 0. The van der Waals surface area contributed by atoms with Crippen LogP contribution in [0.4, 0.5) is 11.4 Å². The van der Waals surface area contributed by atoms with Gasteiger partial charge >= 0.3 is 0 Å². The molecule has 0 aromatic heterocycles. The first-order chi connectivity index (χ1) is 11.8. The van der Waals surface area contributed by atoms with E-state index in [9.17, 15) is 0 Å². The molecule has 114 valence electrons. The van der Waals surface area contributed by atoms with Gasteiger partial charge in [-0.1, -0.05) is 54.3 Å². The van der Waals surface area contributed by atoms with Gasteiger partial charge in [0.05, 0.1) is 16.9 Å². The number of hydrogen-bond acceptors (Lipinski definition) is 2. The van der Waals surface area contributed by atoms with Crippen LogP contribution in [0.5, 0.6) is 0 Å². The molecule has 0 fully saturated rings. The first-order valence-corrected chi connectivity index (χ1v) is 7.70. The van der Waals surface area contributed by atoms with Crippen molar-refractivity contribution in [2.75, 3.05) is 0 Å². The van der Waals surface area contributed by atoms with Gasteiger partial charge in [-0.05, 0) is 48.9 Å². The molecule has 0 heterocycles. The Morgan fingerprint density at radius 3 is 2.17 bits per heavy atom. The second-order valence-corrected chi connectivity index (χ2v) is 5.30. The molecule has 0 bridgehead atoms. The van der Waals surface area contributed by atoms with E-state index in [1.807, 2.05) is 85.8 Å². The SMILES string of the molecule is Cc1ccc(N=C=Nc2ccccc2)c(C#Cc2ccccc2)c1. The fraction of sp³-hybridized carbons (Fsp3) is 0.0455. The summed E-state index contributed by atoms with van der Waals surface area (Å²) in [5.41, 5.74) is 4.59. The lowest BCUT2D eigenvalue weighted by Gasteiger charge is -1.98. The third-order valence-electron chi connectivity index (χ3n) is 3.37. The van der Waals surface area contributed by atoms with Crippen molar-refractivity contribution in [3.63, 3.8) is 0 Å². The van der Waals surface area contributed by atoms with Crippen molar-refractivity contribution in [2.24, 2.45) is 9.98 Å². The van der Waals surface area contributed by atoms with Crippen LogP contribution in [0.15, 0.2) is 88.8 Å². The molecule has 0 saturated carbocycles. The summed E-state index contributed by atoms with van der Waals surface area (Å²) >= 11 is 0. The molecule has 3 aromatic carbocycles. The summed E-state index contributed by atoms with van der Waals surface area (Å²) in [4.78, 5) is 8.55. The minimum absolute atomic E-state index is 0.767. The quantitative estimate of drug-likeness (QED) is 0.439. The smallest absolute Gasteiger partial charge is 0.101 e. The lowest BCUT2D eigenvalue weighted by Crippen LogP contribution is -1.80. The molecule has 0 unspecified atom stereocenters. The van der Waals surface area contributed by atoms with Gasteiger partial charge in [-0.15, -0.1) is 0 Å². The highest BCUT2D eigenvalue weighted by atomic mass is 14.8. The van der Waals surface area contributed by atoms with E-state index in [2.05, 4.69) is 27.8 Å². The molecular formula is C22H16N2. The Bertz CT molecular complexity index is 940. The van der Waals surface area contributed by atoms with Crippen molar-refractivity contribution in [2.45, 2.75) is 6.92 Å². The van der Waals surface area contributed by atoms with E-state index < -0.39 is 0 Å². The first kappa shape index (κ1) is 15.5. The molecule has 24 heavy (non-hydrogen) atoms. The maximum absolute atomic E-state index is 4.34. The largest absolute Gasteiger partial charge is 0.188 e. The second kappa shape index (κ2) is 7.74. The van der Waals surface area contributed by atoms with Crippen LogP contribution in [0.3, 0.4) is 0 Å². The van der Waals surface area contributed by atoms with Crippen molar-refractivity contribution in [1.82, 2.24) is 0 Å². The van der Waals surface area contributed by atoms with Gasteiger partial charge < -0.3 is 0 Å². The Morgan fingerprint density at radius 1 is 0.708 bits per heavy atom. The van der Waals surface area contributed by atoms with Crippen LogP contribution in [-0.4, -0.2) is 6.01 Å². The zero-order chi connectivity index (χ0) is 16.6. The van der Waals surface area contributed by atoms with Gasteiger partial charge in [0.2, 0.25) is 0 Å². The van der Waals surface area contributed by atoms with Gasteiger partial charge in [-0.2, -0.15) is 9.98 Å². The molecule has 0 spiro atoms. The number of benzene rings is 3. The predicted octanol–water partition coefficient (Wildman–Crippen LogP) is 5.53. The van der Waals surface area contributed by atoms with E-state index in [1.54, 1.807) is 0 Å². The Labute approximate surface area is 142 Å². The van der Waals surface area contributed by atoms with E-state index in [4.69, 9.17) is 0 Å². The number of rotatable bonds is 2. The van der Waals surface area contributed by atoms with Crippen molar-refractivity contribution in [1.29, 1.82) is 0 Å². The summed E-state index contributed by atoms with van der Waals surface area (Å²) in [5, 5.41) is 0. The van der Waals surface area contributed by atoms with Gasteiger partial charge in [0.1, 0.15) is 6.01 Å². The molecule has 0 aliphatic carbocycles. The number of nitrogens with zero attached hydrogens (tertiary/aromatic N) is 2. The van der Waals surface area contributed by atoms with Crippen LogP contribution in [0.25, 0.3) is 0 Å². The minimum atomic E-state index is 0.767. The third kappa shape index (κ3) is 4.30. The Balaban J connectivity index is 1.92. The average Bonchev–Trinajstić information content (AvgIpc) is 2.63. The summed E-state index contributed by atoms with van der Waals surface area (Å²) in [6, 6.07) is 28.3. The third-order valence-corrected chi connectivity index (χ3v) is 3.37. The molecule has 0 N–H and O–H groups in total. The predicted molar refractivity (Wildman–Crippen MR) is 99.2 cm³/mol. The Morgan fingerprint density at radius 2 is 1.42 bits per heavy atom.